The molecular weight excluding hydrogens is 214 g/mol. The van der Waals surface area contributed by atoms with E-state index in [1.165, 1.54) is 0 Å². The highest BCUT2D eigenvalue weighted by molar-refractivity contribution is 7.09. The lowest BCUT2D eigenvalue weighted by Crippen LogP contribution is -2.54. The Morgan fingerprint density at radius 2 is 2.67 bits per heavy atom. The number of carboxylic acids is 1. The van der Waals surface area contributed by atoms with Gasteiger partial charge in [0.15, 0.2) is 0 Å². The largest absolute Gasteiger partial charge is 0.480 e. The Morgan fingerprint density at radius 1 is 1.80 bits per heavy atom. The topological polar surface area (TPSA) is 65.5 Å². The number of nitrogens with one attached hydrogen (secondary N) is 1. The molecule has 0 aliphatic carbocycles. The predicted molar refractivity (Wildman–Crippen MR) is 56.8 cm³/mol. The smallest absolute Gasteiger partial charge is 0.322 e. The molecule has 1 aromatic rings. The van der Waals surface area contributed by atoms with E-state index in [0.717, 1.165) is 18.0 Å². The summed E-state index contributed by atoms with van der Waals surface area (Å²) in [6.45, 7) is 2.83. The highest BCUT2D eigenvalue weighted by Gasteiger charge is 2.28. The molecule has 1 aliphatic rings. The summed E-state index contributed by atoms with van der Waals surface area (Å²) in [6.07, 6.45) is 1.80. The molecule has 1 aromatic heterocycles. The Balaban J connectivity index is 2.02. The van der Waals surface area contributed by atoms with Crippen molar-refractivity contribution >= 4 is 17.3 Å². The van der Waals surface area contributed by atoms with Crippen LogP contribution >= 0.6 is 11.3 Å². The maximum Gasteiger partial charge on any atom is 0.322 e. The lowest BCUT2D eigenvalue weighted by atomic mass is 10.2. The van der Waals surface area contributed by atoms with Crippen LogP contribution in [0.3, 0.4) is 0 Å². The second-order valence-electron chi connectivity index (χ2n) is 3.50. The van der Waals surface area contributed by atoms with E-state index in [1.54, 1.807) is 23.0 Å². The van der Waals surface area contributed by atoms with E-state index in [2.05, 4.69) is 10.3 Å². The average Bonchev–Trinajstić information content (AvgIpc) is 2.71. The Labute approximate surface area is 91.7 Å². The number of hydrogen-bond acceptors (Lipinski definition) is 5. The maximum atomic E-state index is 11.0. The SMILES string of the molecule is O=C(O)[C@@H]1CNCCN1Cc1cncs1. The van der Waals surface area contributed by atoms with Gasteiger partial charge in [0.2, 0.25) is 0 Å². The van der Waals surface area contributed by atoms with Gasteiger partial charge in [-0.15, -0.1) is 11.3 Å². The van der Waals surface area contributed by atoms with Gasteiger partial charge in [-0.2, -0.15) is 0 Å². The molecule has 1 aliphatic heterocycles. The number of piperazine rings is 1. The highest BCUT2D eigenvalue weighted by Crippen LogP contribution is 2.13. The van der Waals surface area contributed by atoms with Crippen LogP contribution in [0.2, 0.25) is 0 Å². The van der Waals surface area contributed by atoms with Gasteiger partial charge in [-0.05, 0) is 0 Å². The van der Waals surface area contributed by atoms with Crippen LogP contribution in [0.25, 0.3) is 0 Å². The monoisotopic (exact) mass is 227 g/mol. The van der Waals surface area contributed by atoms with Gasteiger partial charge in [-0.1, -0.05) is 0 Å². The average molecular weight is 227 g/mol. The zero-order chi connectivity index (χ0) is 10.7. The van der Waals surface area contributed by atoms with Crippen LogP contribution in [0.5, 0.6) is 0 Å². The third kappa shape index (κ3) is 2.53. The maximum absolute atomic E-state index is 11.0. The van der Waals surface area contributed by atoms with Gasteiger partial charge in [-0.3, -0.25) is 14.7 Å². The summed E-state index contributed by atoms with van der Waals surface area (Å²) in [5.41, 5.74) is 1.77. The van der Waals surface area contributed by atoms with Gasteiger partial charge in [0.05, 0.1) is 5.51 Å². The zero-order valence-electron chi connectivity index (χ0n) is 8.22. The van der Waals surface area contributed by atoms with Crippen LogP contribution in [0.4, 0.5) is 0 Å². The van der Waals surface area contributed by atoms with Crippen LogP contribution < -0.4 is 5.32 Å². The number of hydrogen-bond donors (Lipinski definition) is 2. The Bertz CT molecular complexity index is 328. The van der Waals surface area contributed by atoms with Crippen LogP contribution in [0.1, 0.15) is 4.88 Å². The summed E-state index contributed by atoms with van der Waals surface area (Å²) < 4.78 is 0. The third-order valence-electron chi connectivity index (χ3n) is 2.48. The van der Waals surface area contributed by atoms with Crippen LogP contribution in [-0.2, 0) is 11.3 Å². The summed E-state index contributed by atoms with van der Waals surface area (Å²) in [4.78, 5) is 18.1. The number of carboxylic acid groups (broad SMARTS) is 1. The second kappa shape index (κ2) is 4.69. The minimum atomic E-state index is -0.758. The lowest BCUT2D eigenvalue weighted by Gasteiger charge is -2.32. The molecule has 1 fully saturated rings. The van der Waals surface area contributed by atoms with Crippen LogP contribution in [0, 0.1) is 0 Å². The molecule has 0 saturated carbocycles. The van der Waals surface area contributed by atoms with Crippen molar-refractivity contribution in [2.24, 2.45) is 0 Å². The van der Waals surface area contributed by atoms with Crippen LogP contribution in [0.15, 0.2) is 11.7 Å². The minimum Gasteiger partial charge on any atom is -0.480 e. The molecule has 2 rings (SSSR count). The Kier molecular flexibility index (Phi) is 3.30. The van der Waals surface area contributed by atoms with Gasteiger partial charge in [0.25, 0.3) is 0 Å². The van der Waals surface area contributed by atoms with Crippen molar-refractivity contribution in [3.05, 3.63) is 16.6 Å². The molecule has 2 N–H and O–H groups in total. The number of nitrogens with zero attached hydrogens (tertiary/aromatic N) is 2. The molecule has 0 aromatic carbocycles. The number of thiazole rings is 1. The van der Waals surface area contributed by atoms with E-state index in [1.807, 2.05) is 4.90 Å². The van der Waals surface area contributed by atoms with Gasteiger partial charge < -0.3 is 10.4 Å². The number of aromatic nitrogens is 1. The first-order valence-electron chi connectivity index (χ1n) is 4.82. The molecule has 0 radical (unpaired) electrons. The summed E-state index contributed by atoms with van der Waals surface area (Å²) in [7, 11) is 0. The minimum absolute atomic E-state index is 0.416. The van der Waals surface area contributed by atoms with E-state index in [-0.39, 0.29) is 0 Å². The Hall–Kier alpha value is -0.980. The molecule has 6 heteroatoms. The van der Waals surface area contributed by atoms with Crippen molar-refractivity contribution in [2.75, 3.05) is 19.6 Å². The first kappa shape index (κ1) is 10.5. The first-order chi connectivity index (χ1) is 7.27. The number of carbonyl (C=O) groups is 1. The van der Waals surface area contributed by atoms with Gasteiger partial charge in [0.1, 0.15) is 6.04 Å². The predicted octanol–water partition coefficient (Wildman–Crippen LogP) is 0.00150. The Morgan fingerprint density at radius 3 is 3.33 bits per heavy atom. The van der Waals surface area contributed by atoms with Gasteiger partial charge in [0, 0.05) is 37.3 Å². The molecule has 0 unspecified atom stereocenters. The van der Waals surface area contributed by atoms with E-state index in [4.69, 9.17) is 5.11 Å². The summed E-state index contributed by atoms with van der Waals surface area (Å²) >= 11 is 1.56. The highest BCUT2D eigenvalue weighted by atomic mass is 32.1. The second-order valence-corrected chi connectivity index (χ2v) is 4.47. The van der Waals surface area contributed by atoms with Crippen molar-refractivity contribution in [3.63, 3.8) is 0 Å². The molecule has 5 nitrogen and oxygen atoms in total. The molecule has 2 heterocycles. The number of rotatable bonds is 3. The summed E-state index contributed by atoms with van der Waals surface area (Å²) in [5.74, 6) is -0.758. The van der Waals surface area contributed by atoms with Crippen molar-refractivity contribution < 1.29 is 9.90 Å². The molecule has 82 valence electrons. The summed E-state index contributed by atoms with van der Waals surface area (Å²) in [5, 5.41) is 12.1. The standard InChI is InChI=1S/C9H13N3O2S/c13-9(14)8-4-10-1-2-12(8)5-7-3-11-6-15-7/h3,6,8,10H,1-2,4-5H2,(H,13,14)/t8-/m0/s1. The van der Waals surface area contributed by atoms with E-state index in [9.17, 15) is 4.79 Å². The molecular formula is C9H13N3O2S. The first-order valence-corrected chi connectivity index (χ1v) is 5.70. The fraction of sp³-hybridized carbons (Fsp3) is 0.556. The van der Waals surface area contributed by atoms with Gasteiger partial charge >= 0.3 is 5.97 Å². The molecule has 0 bridgehead atoms. The van der Waals surface area contributed by atoms with Crippen molar-refractivity contribution in [2.45, 2.75) is 12.6 Å². The van der Waals surface area contributed by atoms with Crippen molar-refractivity contribution in [3.8, 4) is 0 Å². The molecule has 0 spiro atoms. The van der Waals surface area contributed by atoms with E-state index < -0.39 is 12.0 Å². The molecule has 1 atom stereocenters. The molecule has 1 saturated heterocycles. The summed E-state index contributed by atoms with van der Waals surface area (Å²) in [6, 6.07) is -0.416. The zero-order valence-corrected chi connectivity index (χ0v) is 9.04. The quantitative estimate of drug-likeness (QED) is 0.761. The molecule has 0 amide bonds. The molecule has 15 heavy (non-hydrogen) atoms. The fourth-order valence-electron chi connectivity index (χ4n) is 1.70. The third-order valence-corrected chi connectivity index (χ3v) is 3.25. The van der Waals surface area contributed by atoms with E-state index >= 15 is 0 Å². The van der Waals surface area contributed by atoms with Crippen molar-refractivity contribution in [1.29, 1.82) is 0 Å². The van der Waals surface area contributed by atoms with Crippen molar-refractivity contribution in [1.82, 2.24) is 15.2 Å². The van der Waals surface area contributed by atoms with Crippen LogP contribution in [-0.4, -0.2) is 46.6 Å². The fourth-order valence-corrected chi connectivity index (χ4v) is 2.32. The normalized spacial score (nSPS) is 22.8. The van der Waals surface area contributed by atoms with E-state index in [0.29, 0.717) is 13.1 Å². The van der Waals surface area contributed by atoms with Gasteiger partial charge in [-0.25, -0.2) is 0 Å². The number of aliphatic carboxylic acids is 1. The lowest BCUT2D eigenvalue weighted by molar-refractivity contribution is -0.144.